The number of rotatable bonds is 6. The van der Waals surface area contributed by atoms with Crippen LogP contribution in [0.1, 0.15) is 36.9 Å². The fourth-order valence-electron chi connectivity index (χ4n) is 3.28. The number of anilines is 1. The fraction of sp³-hybridized carbons (Fsp3) is 0.350. The van der Waals surface area contributed by atoms with Crippen molar-refractivity contribution in [3.63, 3.8) is 0 Å². The molecule has 0 bridgehead atoms. The largest absolute Gasteiger partial charge is 0.323 e. The van der Waals surface area contributed by atoms with E-state index in [9.17, 15) is 4.79 Å². The highest BCUT2D eigenvalue weighted by Crippen LogP contribution is 2.29. The Hall–Kier alpha value is -3.09. The number of nitrogens with one attached hydrogen (secondary N) is 1. The van der Waals surface area contributed by atoms with E-state index < -0.39 is 0 Å². The molecule has 0 saturated heterocycles. The molecule has 0 unspecified atom stereocenters. The van der Waals surface area contributed by atoms with Crippen molar-refractivity contribution in [2.75, 3.05) is 5.32 Å². The standard InChI is InChI=1S/C20H24N6O/c1-15(17-6-4-3-5-7-17)26-19(10-11-21-26)23-20(27)25(18-8-9-18)14-16-12-22-24(2)13-16/h3-7,10-13,15,18H,8-9,14H2,1-2H3,(H,23,27)/t15-/m1/s1. The van der Waals surface area contributed by atoms with Crippen molar-refractivity contribution in [3.05, 3.63) is 66.1 Å². The highest BCUT2D eigenvalue weighted by atomic mass is 16.2. The molecule has 1 atom stereocenters. The molecule has 0 radical (unpaired) electrons. The Labute approximate surface area is 158 Å². The van der Waals surface area contributed by atoms with Gasteiger partial charge in [-0.2, -0.15) is 10.2 Å². The van der Waals surface area contributed by atoms with Gasteiger partial charge in [0.1, 0.15) is 5.82 Å². The summed E-state index contributed by atoms with van der Waals surface area (Å²) in [7, 11) is 1.88. The second kappa shape index (κ2) is 7.26. The number of amides is 2. The third-order valence-electron chi connectivity index (χ3n) is 4.91. The summed E-state index contributed by atoms with van der Waals surface area (Å²) >= 11 is 0. The average Bonchev–Trinajstić information content (AvgIpc) is 3.28. The molecule has 1 saturated carbocycles. The van der Waals surface area contributed by atoms with Crippen molar-refractivity contribution in [1.29, 1.82) is 0 Å². The zero-order valence-electron chi connectivity index (χ0n) is 15.6. The van der Waals surface area contributed by atoms with Gasteiger partial charge in [0.25, 0.3) is 0 Å². The first-order valence-electron chi connectivity index (χ1n) is 9.25. The molecule has 1 aliphatic carbocycles. The van der Waals surface area contributed by atoms with Crippen LogP contribution in [0.2, 0.25) is 0 Å². The van der Waals surface area contributed by atoms with E-state index >= 15 is 0 Å². The minimum absolute atomic E-state index is 0.0317. The van der Waals surface area contributed by atoms with Crippen LogP contribution in [0.25, 0.3) is 0 Å². The van der Waals surface area contributed by atoms with Gasteiger partial charge in [0.15, 0.2) is 0 Å². The van der Waals surface area contributed by atoms with Gasteiger partial charge in [-0.1, -0.05) is 30.3 Å². The molecule has 27 heavy (non-hydrogen) atoms. The number of urea groups is 1. The Kier molecular flexibility index (Phi) is 4.66. The summed E-state index contributed by atoms with van der Waals surface area (Å²) in [5.74, 6) is 0.702. The zero-order chi connectivity index (χ0) is 18.8. The van der Waals surface area contributed by atoms with Crippen molar-refractivity contribution in [3.8, 4) is 0 Å². The van der Waals surface area contributed by atoms with Crippen LogP contribution < -0.4 is 5.32 Å². The molecule has 1 aromatic carbocycles. The van der Waals surface area contributed by atoms with E-state index in [0.29, 0.717) is 18.4 Å². The molecule has 1 aliphatic rings. The van der Waals surface area contributed by atoms with Crippen LogP contribution in [-0.4, -0.2) is 36.5 Å². The number of benzene rings is 1. The minimum Gasteiger partial charge on any atom is -0.317 e. The van der Waals surface area contributed by atoms with Crippen LogP contribution in [-0.2, 0) is 13.6 Å². The van der Waals surface area contributed by atoms with Crippen molar-refractivity contribution in [2.45, 2.75) is 38.4 Å². The van der Waals surface area contributed by atoms with Gasteiger partial charge in [-0.25, -0.2) is 9.48 Å². The molecule has 7 nitrogen and oxygen atoms in total. The number of nitrogens with zero attached hydrogens (tertiary/aromatic N) is 5. The molecule has 140 valence electrons. The van der Waals surface area contributed by atoms with Crippen LogP contribution in [0.4, 0.5) is 10.6 Å². The number of hydrogen-bond donors (Lipinski definition) is 1. The first kappa shape index (κ1) is 17.3. The Bertz CT molecular complexity index is 911. The van der Waals surface area contributed by atoms with E-state index in [1.54, 1.807) is 10.9 Å². The van der Waals surface area contributed by atoms with Gasteiger partial charge < -0.3 is 4.90 Å². The predicted molar refractivity (Wildman–Crippen MR) is 103 cm³/mol. The second-order valence-electron chi connectivity index (χ2n) is 7.06. The van der Waals surface area contributed by atoms with E-state index in [1.165, 1.54) is 0 Å². The second-order valence-corrected chi connectivity index (χ2v) is 7.06. The van der Waals surface area contributed by atoms with E-state index in [2.05, 4.69) is 34.6 Å². The van der Waals surface area contributed by atoms with Crippen LogP contribution in [0.3, 0.4) is 0 Å². The zero-order valence-corrected chi connectivity index (χ0v) is 15.6. The Morgan fingerprint density at radius 3 is 2.70 bits per heavy atom. The lowest BCUT2D eigenvalue weighted by Gasteiger charge is -2.23. The summed E-state index contributed by atoms with van der Waals surface area (Å²) in [5.41, 5.74) is 2.18. The Morgan fingerprint density at radius 1 is 1.26 bits per heavy atom. The molecular weight excluding hydrogens is 340 g/mol. The molecule has 4 rings (SSSR count). The van der Waals surface area contributed by atoms with Gasteiger partial charge >= 0.3 is 6.03 Å². The molecule has 2 heterocycles. The van der Waals surface area contributed by atoms with Gasteiger partial charge in [0, 0.05) is 30.9 Å². The molecule has 3 aromatic rings. The first-order chi connectivity index (χ1) is 13.1. The molecule has 1 fully saturated rings. The minimum atomic E-state index is -0.0941. The first-order valence-corrected chi connectivity index (χ1v) is 9.25. The number of carbonyl (C=O) groups is 1. The third kappa shape index (κ3) is 3.86. The van der Waals surface area contributed by atoms with Gasteiger partial charge in [-0.05, 0) is 25.3 Å². The molecule has 0 spiro atoms. The van der Waals surface area contributed by atoms with Crippen molar-refractivity contribution in [1.82, 2.24) is 24.5 Å². The predicted octanol–water partition coefficient (Wildman–Crippen LogP) is 3.42. The van der Waals surface area contributed by atoms with Gasteiger partial charge in [-0.3, -0.25) is 10.00 Å². The quantitative estimate of drug-likeness (QED) is 0.729. The molecule has 0 aliphatic heterocycles. The van der Waals surface area contributed by atoms with E-state index in [1.807, 2.05) is 53.3 Å². The number of hydrogen-bond acceptors (Lipinski definition) is 3. The Morgan fingerprint density at radius 2 is 2.04 bits per heavy atom. The van der Waals surface area contributed by atoms with Crippen molar-refractivity contribution in [2.24, 2.45) is 7.05 Å². The molecule has 1 N–H and O–H groups in total. The number of aromatic nitrogens is 4. The Balaban J connectivity index is 1.50. The van der Waals surface area contributed by atoms with E-state index in [4.69, 9.17) is 0 Å². The molecule has 7 heteroatoms. The number of aryl methyl sites for hydroxylation is 1. The van der Waals surface area contributed by atoms with Gasteiger partial charge in [-0.15, -0.1) is 0 Å². The maximum absolute atomic E-state index is 13.0. The smallest absolute Gasteiger partial charge is 0.317 e. The molecule has 2 amide bonds. The lowest BCUT2D eigenvalue weighted by Crippen LogP contribution is -2.36. The lowest BCUT2D eigenvalue weighted by atomic mass is 10.1. The summed E-state index contributed by atoms with van der Waals surface area (Å²) in [6.07, 6.45) is 7.58. The van der Waals surface area contributed by atoms with E-state index in [0.717, 1.165) is 24.0 Å². The average molecular weight is 364 g/mol. The summed E-state index contributed by atoms with van der Waals surface area (Å²) in [6, 6.07) is 12.2. The maximum Gasteiger partial charge on any atom is 0.323 e. The summed E-state index contributed by atoms with van der Waals surface area (Å²) in [5, 5.41) is 11.7. The van der Waals surface area contributed by atoms with E-state index in [-0.39, 0.29) is 12.1 Å². The topological polar surface area (TPSA) is 68.0 Å². The molecule has 2 aromatic heterocycles. The maximum atomic E-state index is 13.0. The highest BCUT2D eigenvalue weighted by molar-refractivity contribution is 5.88. The van der Waals surface area contributed by atoms with Gasteiger partial charge in [0.05, 0.1) is 25.0 Å². The van der Waals surface area contributed by atoms with Crippen molar-refractivity contribution < 1.29 is 4.79 Å². The van der Waals surface area contributed by atoms with Crippen LogP contribution >= 0.6 is 0 Å². The third-order valence-corrected chi connectivity index (χ3v) is 4.91. The van der Waals surface area contributed by atoms with Crippen molar-refractivity contribution >= 4 is 11.8 Å². The van der Waals surface area contributed by atoms with Crippen LogP contribution in [0, 0.1) is 0 Å². The summed E-state index contributed by atoms with van der Waals surface area (Å²) in [6.45, 7) is 2.64. The summed E-state index contributed by atoms with van der Waals surface area (Å²) < 4.78 is 3.61. The fourth-order valence-corrected chi connectivity index (χ4v) is 3.28. The van der Waals surface area contributed by atoms with Crippen LogP contribution in [0.15, 0.2) is 55.0 Å². The summed E-state index contributed by atoms with van der Waals surface area (Å²) in [4.78, 5) is 14.9. The molecular formula is C20H24N6O. The normalized spacial score (nSPS) is 14.7. The van der Waals surface area contributed by atoms with Gasteiger partial charge in [0.2, 0.25) is 0 Å². The van der Waals surface area contributed by atoms with Crippen LogP contribution in [0.5, 0.6) is 0 Å². The monoisotopic (exact) mass is 364 g/mol. The lowest BCUT2D eigenvalue weighted by molar-refractivity contribution is 0.206. The highest BCUT2D eigenvalue weighted by Gasteiger charge is 2.33. The SMILES string of the molecule is C[C@H](c1ccccc1)n1nccc1NC(=O)N(Cc1cnn(C)c1)C1CC1. The number of carbonyl (C=O) groups excluding carboxylic acids is 1.